The molecule has 0 spiro atoms. The van der Waals surface area contributed by atoms with Gasteiger partial charge >= 0.3 is 6.18 Å². The Morgan fingerprint density at radius 2 is 1.78 bits per heavy atom. The van der Waals surface area contributed by atoms with Crippen molar-refractivity contribution in [2.75, 3.05) is 0 Å². The second-order valence-corrected chi connectivity index (χ2v) is 4.87. The van der Waals surface area contributed by atoms with Gasteiger partial charge < -0.3 is 0 Å². The summed E-state index contributed by atoms with van der Waals surface area (Å²) in [5.41, 5.74) is -1.09. The summed E-state index contributed by atoms with van der Waals surface area (Å²) in [5, 5.41) is 9.71. The fourth-order valence-electron chi connectivity index (χ4n) is 1.70. The van der Waals surface area contributed by atoms with Gasteiger partial charge in [-0.15, -0.1) is 0 Å². The fourth-order valence-corrected chi connectivity index (χ4v) is 2.68. The number of halogens is 6. The van der Waals surface area contributed by atoms with E-state index in [9.17, 15) is 18.4 Å². The zero-order valence-corrected chi connectivity index (χ0v) is 10.7. The van der Waals surface area contributed by atoms with E-state index in [0.717, 1.165) is 0 Å². The first kappa shape index (κ1) is 13.8. The lowest BCUT2D eigenvalue weighted by Crippen LogP contribution is -2.41. The number of alkyl halides is 3. The lowest BCUT2D eigenvalue weighted by Gasteiger charge is -2.35. The van der Waals surface area contributed by atoms with Crippen LogP contribution in [0.15, 0.2) is 44.6 Å². The van der Waals surface area contributed by atoms with Crippen LogP contribution in [-0.2, 0) is 0 Å². The average Bonchev–Trinajstić information content (AvgIpc) is 2.20. The molecule has 1 aliphatic heterocycles. The monoisotopic (exact) mass is 317 g/mol. The van der Waals surface area contributed by atoms with E-state index in [0.29, 0.717) is 6.08 Å². The molecular formula is C10H5Cl3F3NO. The Morgan fingerprint density at radius 3 is 2.33 bits per heavy atom. The highest BCUT2D eigenvalue weighted by molar-refractivity contribution is 6.39. The van der Waals surface area contributed by atoms with E-state index in [1.165, 1.54) is 12.2 Å². The molecule has 8 heteroatoms. The Morgan fingerprint density at radius 1 is 1.17 bits per heavy atom. The highest BCUT2D eigenvalue weighted by Gasteiger charge is 2.44. The smallest absolute Gasteiger partial charge is 0.288 e. The van der Waals surface area contributed by atoms with E-state index >= 15 is 0 Å². The summed E-state index contributed by atoms with van der Waals surface area (Å²) >= 11 is 17.3. The van der Waals surface area contributed by atoms with E-state index in [1.807, 2.05) is 0 Å². The normalized spacial score (nSPS) is 24.5. The van der Waals surface area contributed by atoms with Crippen LogP contribution >= 0.6 is 34.8 Å². The van der Waals surface area contributed by atoms with Crippen LogP contribution in [0, 0.1) is 0 Å². The van der Waals surface area contributed by atoms with Crippen molar-refractivity contribution in [1.82, 2.24) is 5.06 Å². The number of rotatable bonds is 0. The van der Waals surface area contributed by atoms with Crippen molar-refractivity contribution in [1.29, 1.82) is 0 Å². The number of hydrogen-bond acceptors (Lipinski definition) is 2. The molecule has 0 radical (unpaired) electrons. The van der Waals surface area contributed by atoms with Gasteiger partial charge in [0.05, 0.1) is 0 Å². The summed E-state index contributed by atoms with van der Waals surface area (Å²) < 4.78 is 38.0. The molecular weight excluding hydrogens is 313 g/mol. The molecule has 0 saturated heterocycles. The van der Waals surface area contributed by atoms with Crippen LogP contribution in [0.2, 0.25) is 0 Å². The summed E-state index contributed by atoms with van der Waals surface area (Å²) in [6.45, 7) is 0. The minimum Gasteiger partial charge on any atom is -0.288 e. The predicted molar refractivity (Wildman–Crippen MR) is 62.3 cm³/mol. The maximum atomic E-state index is 12.7. The topological polar surface area (TPSA) is 23.5 Å². The van der Waals surface area contributed by atoms with Crippen LogP contribution in [0.4, 0.5) is 13.2 Å². The summed E-state index contributed by atoms with van der Waals surface area (Å²) in [6.07, 6.45) is -1.54. The van der Waals surface area contributed by atoms with Crippen LogP contribution < -0.4 is 0 Å². The maximum absolute atomic E-state index is 12.7. The molecule has 2 nitrogen and oxygen atoms in total. The van der Waals surface area contributed by atoms with E-state index in [2.05, 4.69) is 0 Å². The van der Waals surface area contributed by atoms with Gasteiger partial charge in [0.2, 0.25) is 0 Å². The SMILES string of the molecule is ON1C(C(F)(F)F)=CC(Cl)=C2C(Cl)=CC(Cl)=CC21. The van der Waals surface area contributed by atoms with E-state index in [1.54, 1.807) is 0 Å². The van der Waals surface area contributed by atoms with Crippen LogP contribution in [-0.4, -0.2) is 22.5 Å². The molecule has 0 aromatic heterocycles. The molecule has 1 atom stereocenters. The predicted octanol–water partition coefficient (Wildman–Crippen LogP) is 4.26. The molecule has 2 aliphatic rings. The summed E-state index contributed by atoms with van der Waals surface area (Å²) in [4.78, 5) is 0. The van der Waals surface area contributed by atoms with Crippen LogP contribution in [0.5, 0.6) is 0 Å². The molecule has 1 unspecified atom stereocenters. The number of nitrogens with zero attached hydrogens (tertiary/aromatic N) is 1. The van der Waals surface area contributed by atoms with E-state index in [4.69, 9.17) is 34.8 Å². The van der Waals surface area contributed by atoms with Crippen LogP contribution in [0.25, 0.3) is 0 Å². The Labute approximate surface area is 115 Å². The number of hydrogen-bond donors (Lipinski definition) is 1. The lowest BCUT2D eigenvalue weighted by atomic mass is 9.97. The second-order valence-electron chi connectivity index (χ2n) is 3.62. The highest BCUT2D eigenvalue weighted by atomic mass is 35.5. The van der Waals surface area contributed by atoms with Crippen molar-refractivity contribution in [2.24, 2.45) is 0 Å². The van der Waals surface area contributed by atoms with Gasteiger partial charge in [0.25, 0.3) is 0 Å². The molecule has 1 aliphatic carbocycles. The van der Waals surface area contributed by atoms with Gasteiger partial charge in [0.15, 0.2) is 0 Å². The molecule has 0 aromatic rings. The Balaban J connectivity index is 2.57. The molecule has 1 N–H and O–H groups in total. The average molecular weight is 319 g/mol. The van der Waals surface area contributed by atoms with Gasteiger partial charge in [-0.1, -0.05) is 34.8 Å². The van der Waals surface area contributed by atoms with Crippen molar-refractivity contribution in [3.05, 3.63) is 44.6 Å². The first-order valence-corrected chi connectivity index (χ1v) is 5.76. The van der Waals surface area contributed by atoms with Crippen molar-refractivity contribution in [3.63, 3.8) is 0 Å². The summed E-state index contributed by atoms with van der Waals surface area (Å²) in [5.74, 6) is 0. The molecule has 98 valence electrons. The zero-order valence-electron chi connectivity index (χ0n) is 8.47. The largest absolute Gasteiger partial charge is 0.433 e. The summed E-state index contributed by atoms with van der Waals surface area (Å²) in [6, 6.07) is -1.15. The standard InChI is InChI=1S/C10H5Cl3F3NO/c11-4-1-5(12)9-6(13)3-8(10(14,15)16)17(18)7(9)2-4/h1-3,7,18H. The van der Waals surface area contributed by atoms with Gasteiger partial charge in [0, 0.05) is 20.7 Å². The first-order chi connectivity index (χ1) is 8.21. The quantitative estimate of drug-likeness (QED) is 0.721. The maximum Gasteiger partial charge on any atom is 0.433 e. The molecule has 0 aromatic carbocycles. The van der Waals surface area contributed by atoms with Gasteiger partial charge in [-0.25, -0.2) is 5.06 Å². The van der Waals surface area contributed by atoms with Gasteiger partial charge in [-0.3, -0.25) is 5.21 Å². The van der Waals surface area contributed by atoms with E-state index in [-0.39, 0.29) is 25.7 Å². The summed E-state index contributed by atoms with van der Waals surface area (Å²) in [7, 11) is 0. The van der Waals surface area contributed by atoms with Crippen molar-refractivity contribution in [2.45, 2.75) is 12.2 Å². The molecule has 0 fully saturated rings. The molecule has 0 bridgehead atoms. The Bertz CT molecular complexity index is 519. The molecule has 0 saturated carbocycles. The second kappa shape index (κ2) is 4.49. The highest BCUT2D eigenvalue weighted by Crippen LogP contribution is 2.42. The van der Waals surface area contributed by atoms with Crippen LogP contribution in [0.1, 0.15) is 0 Å². The third-order valence-corrected chi connectivity index (χ3v) is 3.32. The molecule has 0 amide bonds. The van der Waals surface area contributed by atoms with Gasteiger partial charge in [-0.05, 0) is 18.2 Å². The number of fused-ring (bicyclic) bond motifs is 1. The van der Waals surface area contributed by atoms with Crippen LogP contribution in [0.3, 0.4) is 0 Å². The minimum atomic E-state index is -4.73. The number of hydroxylamine groups is 2. The Hall–Kier alpha value is -0.620. The van der Waals surface area contributed by atoms with E-state index < -0.39 is 17.9 Å². The third kappa shape index (κ3) is 2.28. The van der Waals surface area contributed by atoms with Gasteiger partial charge in [0.1, 0.15) is 11.7 Å². The van der Waals surface area contributed by atoms with Crippen molar-refractivity contribution >= 4 is 34.8 Å². The van der Waals surface area contributed by atoms with Gasteiger partial charge in [-0.2, -0.15) is 13.2 Å². The van der Waals surface area contributed by atoms with Crippen molar-refractivity contribution in [3.8, 4) is 0 Å². The minimum absolute atomic E-state index is 0.0545. The molecule has 2 rings (SSSR count). The molecule has 1 heterocycles. The fraction of sp³-hybridized carbons (Fsp3) is 0.200. The number of allylic oxidation sites excluding steroid dienone is 5. The zero-order chi connectivity index (χ0) is 13.7. The molecule has 18 heavy (non-hydrogen) atoms. The Kier molecular flexibility index (Phi) is 3.44. The lowest BCUT2D eigenvalue weighted by molar-refractivity contribution is -0.171. The van der Waals surface area contributed by atoms with Crippen molar-refractivity contribution < 1.29 is 18.4 Å². The first-order valence-electron chi connectivity index (χ1n) is 4.63. The third-order valence-electron chi connectivity index (χ3n) is 2.46.